The maximum Gasteiger partial charge on any atom is 0.234 e. The van der Waals surface area contributed by atoms with Crippen LogP contribution in [0.2, 0.25) is 0 Å². The molecule has 1 amide bonds. The number of carbonyl (C=O) groups excluding carboxylic acids is 1. The van der Waals surface area contributed by atoms with E-state index in [1.54, 1.807) is 0 Å². The van der Waals surface area contributed by atoms with Gasteiger partial charge in [-0.2, -0.15) is 0 Å². The van der Waals surface area contributed by atoms with Gasteiger partial charge in [-0.3, -0.25) is 9.69 Å². The molecule has 1 aromatic heterocycles. The Bertz CT molecular complexity index is 367. The Hall–Kier alpha value is -1.21. The molecule has 1 aliphatic rings. The molecule has 16 heavy (non-hydrogen) atoms. The highest BCUT2D eigenvalue weighted by Crippen LogP contribution is 2.18. The van der Waals surface area contributed by atoms with Gasteiger partial charge in [0.2, 0.25) is 5.91 Å². The highest BCUT2D eigenvalue weighted by atomic mass is 32.1. The van der Waals surface area contributed by atoms with E-state index in [0.717, 1.165) is 30.2 Å². The van der Waals surface area contributed by atoms with Gasteiger partial charge in [-0.1, -0.05) is 4.49 Å². The average Bonchev–Trinajstić information content (AvgIpc) is 2.61. The summed E-state index contributed by atoms with van der Waals surface area (Å²) in [4.78, 5) is 13.5. The molecule has 1 aromatic rings. The zero-order valence-electron chi connectivity index (χ0n) is 9.19. The van der Waals surface area contributed by atoms with Gasteiger partial charge >= 0.3 is 0 Å². The van der Waals surface area contributed by atoms with Gasteiger partial charge in [-0.05, 0) is 6.42 Å². The standard InChI is InChI=1S/C9H15N5OS/c1-10-9-7(12-13-16-9)5-14-4-2-3-11-8(15)6-14/h10H,2-6H2,1H3,(H,11,15). The van der Waals surface area contributed by atoms with E-state index in [1.165, 1.54) is 11.5 Å². The van der Waals surface area contributed by atoms with Crippen molar-refractivity contribution in [3.63, 3.8) is 0 Å². The number of anilines is 1. The van der Waals surface area contributed by atoms with E-state index in [1.807, 2.05) is 7.05 Å². The van der Waals surface area contributed by atoms with Crippen molar-refractivity contribution in [2.45, 2.75) is 13.0 Å². The second-order valence-corrected chi connectivity index (χ2v) is 4.47. The van der Waals surface area contributed by atoms with Gasteiger partial charge < -0.3 is 10.6 Å². The van der Waals surface area contributed by atoms with Crippen molar-refractivity contribution in [1.82, 2.24) is 19.8 Å². The maximum atomic E-state index is 11.4. The predicted octanol–water partition coefficient (Wildman–Crippen LogP) is -0.0983. The van der Waals surface area contributed by atoms with Gasteiger partial charge in [-0.25, -0.2) is 0 Å². The van der Waals surface area contributed by atoms with Crippen molar-refractivity contribution in [2.75, 3.05) is 32.0 Å². The van der Waals surface area contributed by atoms with Crippen LogP contribution in [0.25, 0.3) is 0 Å². The van der Waals surface area contributed by atoms with E-state index in [4.69, 9.17) is 0 Å². The van der Waals surface area contributed by atoms with E-state index in [0.29, 0.717) is 13.1 Å². The molecule has 0 atom stereocenters. The van der Waals surface area contributed by atoms with Crippen LogP contribution in [0.5, 0.6) is 0 Å². The summed E-state index contributed by atoms with van der Waals surface area (Å²) >= 11 is 1.34. The Morgan fingerprint density at radius 1 is 1.62 bits per heavy atom. The number of hydrogen-bond donors (Lipinski definition) is 2. The fourth-order valence-electron chi connectivity index (χ4n) is 1.72. The molecule has 1 fully saturated rings. The molecule has 0 aromatic carbocycles. The molecule has 2 rings (SSSR count). The summed E-state index contributed by atoms with van der Waals surface area (Å²) in [6.45, 7) is 2.81. The Morgan fingerprint density at radius 2 is 2.50 bits per heavy atom. The van der Waals surface area contributed by atoms with Crippen LogP contribution in [0.15, 0.2) is 0 Å². The molecule has 6 nitrogen and oxygen atoms in total. The number of hydrogen-bond acceptors (Lipinski definition) is 6. The van der Waals surface area contributed by atoms with E-state index in [-0.39, 0.29) is 5.91 Å². The first kappa shape index (κ1) is 11.3. The molecule has 0 saturated carbocycles. The molecule has 2 N–H and O–H groups in total. The highest BCUT2D eigenvalue weighted by Gasteiger charge is 2.17. The van der Waals surface area contributed by atoms with Crippen LogP contribution in [0, 0.1) is 0 Å². The Morgan fingerprint density at radius 3 is 3.31 bits per heavy atom. The SMILES string of the molecule is CNc1snnc1CN1CCCNC(=O)C1. The third-order valence-corrected chi connectivity index (χ3v) is 3.28. The van der Waals surface area contributed by atoms with Crippen LogP contribution in [-0.4, -0.2) is 47.1 Å². The molecular formula is C9H15N5OS. The second kappa shape index (κ2) is 5.22. The molecule has 0 bridgehead atoms. The van der Waals surface area contributed by atoms with Gasteiger partial charge in [0.15, 0.2) is 0 Å². The van der Waals surface area contributed by atoms with Crippen molar-refractivity contribution in [1.29, 1.82) is 0 Å². The van der Waals surface area contributed by atoms with Gasteiger partial charge in [0.05, 0.1) is 6.54 Å². The normalized spacial score (nSPS) is 17.9. The number of amides is 1. The topological polar surface area (TPSA) is 70.2 Å². The molecular weight excluding hydrogens is 226 g/mol. The summed E-state index contributed by atoms with van der Waals surface area (Å²) in [7, 11) is 1.85. The van der Waals surface area contributed by atoms with Crippen LogP contribution >= 0.6 is 11.5 Å². The predicted molar refractivity (Wildman–Crippen MR) is 62.4 cm³/mol. The zero-order chi connectivity index (χ0) is 11.4. The third kappa shape index (κ3) is 2.67. The Balaban J connectivity index is 2.00. The fraction of sp³-hybridized carbons (Fsp3) is 0.667. The first-order chi connectivity index (χ1) is 7.79. The first-order valence-electron chi connectivity index (χ1n) is 5.27. The molecule has 88 valence electrons. The molecule has 7 heteroatoms. The Labute approximate surface area is 98.2 Å². The lowest BCUT2D eigenvalue weighted by molar-refractivity contribution is -0.121. The molecule has 2 heterocycles. The van der Waals surface area contributed by atoms with Crippen molar-refractivity contribution >= 4 is 22.4 Å². The zero-order valence-corrected chi connectivity index (χ0v) is 10.0. The summed E-state index contributed by atoms with van der Waals surface area (Å²) < 4.78 is 3.90. The molecule has 0 spiro atoms. The van der Waals surface area contributed by atoms with Gasteiger partial charge in [0.25, 0.3) is 0 Å². The lowest BCUT2D eigenvalue weighted by Gasteiger charge is -2.17. The summed E-state index contributed by atoms with van der Waals surface area (Å²) in [5.41, 5.74) is 0.919. The Kier molecular flexibility index (Phi) is 3.68. The van der Waals surface area contributed by atoms with Gasteiger partial charge in [-0.15, -0.1) is 5.10 Å². The molecule has 0 radical (unpaired) electrons. The molecule has 1 saturated heterocycles. The molecule has 0 unspecified atom stereocenters. The third-order valence-electron chi connectivity index (χ3n) is 2.50. The smallest absolute Gasteiger partial charge is 0.234 e. The minimum Gasteiger partial charge on any atom is -0.377 e. The van der Waals surface area contributed by atoms with E-state index < -0.39 is 0 Å². The van der Waals surface area contributed by atoms with Crippen molar-refractivity contribution in [3.8, 4) is 0 Å². The fourth-order valence-corrected chi connectivity index (χ4v) is 2.24. The lowest BCUT2D eigenvalue weighted by atomic mass is 10.3. The summed E-state index contributed by atoms with van der Waals surface area (Å²) in [5.74, 6) is 0.0895. The quantitative estimate of drug-likeness (QED) is 0.773. The van der Waals surface area contributed by atoms with Crippen LogP contribution in [0.1, 0.15) is 12.1 Å². The van der Waals surface area contributed by atoms with Crippen LogP contribution in [0.4, 0.5) is 5.00 Å². The number of rotatable bonds is 3. The van der Waals surface area contributed by atoms with Crippen LogP contribution in [-0.2, 0) is 11.3 Å². The second-order valence-electron chi connectivity index (χ2n) is 3.71. The minimum absolute atomic E-state index is 0.0895. The first-order valence-corrected chi connectivity index (χ1v) is 6.05. The van der Waals surface area contributed by atoms with Crippen LogP contribution in [0.3, 0.4) is 0 Å². The van der Waals surface area contributed by atoms with Crippen molar-refractivity contribution < 1.29 is 4.79 Å². The van der Waals surface area contributed by atoms with Gasteiger partial charge in [0, 0.05) is 38.2 Å². The number of nitrogens with one attached hydrogen (secondary N) is 2. The summed E-state index contributed by atoms with van der Waals surface area (Å²) in [5, 5.41) is 11.0. The van der Waals surface area contributed by atoms with E-state index >= 15 is 0 Å². The van der Waals surface area contributed by atoms with E-state index in [9.17, 15) is 4.79 Å². The summed E-state index contributed by atoms with van der Waals surface area (Å²) in [6.07, 6.45) is 0.984. The minimum atomic E-state index is 0.0895. The number of carbonyl (C=O) groups is 1. The molecule has 1 aliphatic heterocycles. The average molecular weight is 241 g/mol. The van der Waals surface area contributed by atoms with Crippen molar-refractivity contribution in [3.05, 3.63) is 5.69 Å². The lowest BCUT2D eigenvalue weighted by Crippen LogP contribution is -2.32. The number of nitrogens with zero attached hydrogens (tertiary/aromatic N) is 3. The monoisotopic (exact) mass is 241 g/mol. The molecule has 0 aliphatic carbocycles. The van der Waals surface area contributed by atoms with Crippen molar-refractivity contribution in [2.24, 2.45) is 0 Å². The van der Waals surface area contributed by atoms with Crippen LogP contribution < -0.4 is 10.6 Å². The maximum absolute atomic E-state index is 11.4. The summed E-state index contributed by atoms with van der Waals surface area (Å²) in [6, 6.07) is 0. The van der Waals surface area contributed by atoms with Gasteiger partial charge in [0.1, 0.15) is 10.7 Å². The largest absolute Gasteiger partial charge is 0.377 e. The number of aromatic nitrogens is 2. The van der Waals surface area contributed by atoms with E-state index in [2.05, 4.69) is 25.1 Å². The highest BCUT2D eigenvalue weighted by molar-refractivity contribution is 7.10.